The number of rotatable bonds is 6. The van der Waals surface area contributed by atoms with Gasteiger partial charge in [-0.3, -0.25) is 9.78 Å². The third-order valence-corrected chi connectivity index (χ3v) is 4.16. The van der Waals surface area contributed by atoms with Crippen LogP contribution < -0.4 is 5.32 Å². The first-order chi connectivity index (χ1) is 13.7. The van der Waals surface area contributed by atoms with Crippen molar-refractivity contribution in [2.45, 2.75) is 25.1 Å². The molecule has 150 valence electrons. The summed E-state index contributed by atoms with van der Waals surface area (Å²) >= 11 is 0. The van der Waals surface area contributed by atoms with Crippen LogP contribution >= 0.6 is 0 Å². The fourth-order valence-electron chi connectivity index (χ4n) is 2.79. The summed E-state index contributed by atoms with van der Waals surface area (Å²) in [5, 5.41) is 11.7. The molecule has 3 rings (SSSR count). The molecule has 2 N–H and O–H groups in total. The predicted octanol–water partition coefficient (Wildman–Crippen LogP) is 3.00. The molecule has 0 aliphatic heterocycles. The number of carbonyl (C=O) groups is 2. The molecular weight excluding hydrogens is 387 g/mol. The smallest absolute Gasteiger partial charge is 0.416 e. The van der Waals surface area contributed by atoms with E-state index >= 15 is 0 Å². The lowest BCUT2D eigenvalue weighted by Crippen LogP contribution is -2.43. The van der Waals surface area contributed by atoms with Gasteiger partial charge in [-0.05, 0) is 23.8 Å². The van der Waals surface area contributed by atoms with Crippen LogP contribution in [-0.2, 0) is 28.6 Å². The normalized spacial score (nSPS) is 12.5. The van der Waals surface area contributed by atoms with E-state index in [1.807, 2.05) is 0 Å². The summed E-state index contributed by atoms with van der Waals surface area (Å²) in [6, 6.07) is 10.1. The van der Waals surface area contributed by atoms with Crippen molar-refractivity contribution in [3.63, 3.8) is 0 Å². The number of aliphatic carboxylic acids is 1. The van der Waals surface area contributed by atoms with Crippen molar-refractivity contribution in [3.05, 3.63) is 71.5 Å². The van der Waals surface area contributed by atoms with E-state index in [2.05, 4.69) is 15.3 Å². The molecule has 0 bridgehead atoms. The van der Waals surface area contributed by atoms with Crippen molar-refractivity contribution in [2.75, 3.05) is 0 Å². The first-order valence-electron chi connectivity index (χ1n) is 8.61. The number of alkyl halides is 3. The van der Waals surface area contributed by atoms with E-state index in [-0.39, 0.29) is 18.4 Å². The molecular formula is C20H16F3N3O3. The average molecular weight is 403 g/mol. The number of aromatic nitrogens is 2. The number of hydrogen-bond donors (Lipinski definition) is 2. The number of benzene rings is 2. The van der Waals surface area contributed by atoms with E-state index in [1.165, 1.54) is 18.3 Å². The van der Waals surface area contributed by atoms with E-state index in [9.17, 15) is 27.9 Å². The number of amides is 1. The zero-order valence-corrected chi connectivity index (χ0v) is 15.0. The van der Waals surface area contributed by atoms with Gasteiger partial charge in [0.25, 0.3) is 0 Å². The second kappa shape index (κ2) is 8.26. The Morgan fingerprint density at radius 2 is 1.79 bits per heavy atom. The van der Waals surface area contributed by atoms with Crippen LogP contribution in [0.1, 0.15) is 16.8 Å². The number of para-hydroxylation sites is 2. The average Bonchev–Trinajstić information content (AvgIpc) is 2.67. The van der Waals surface area contributed by atoms with Gasteiger partial charge < -0.3 is 10.4 Å². The number of hydrogen-bond acceptors (Lipinski definition) is 4. The molecule has 0 fully saturated rings. The zero-order chi connectivity index (χ0) is 21.0. The Morgan fingerprint density at radius 1 is 1.07 bits per heavy atom. The second-order valence-electron chi connectivity index (χ2n) is 6.39. The first kappa shape index (κ1) is 20.2. The number of carboxylic acid groups (broad SMARTS) is 1. The molecule has 1 heterocycles. The lowest BCUT2D eigenvalue weighted by molar-refractivity contribution is -0.141. The highest BCUT2D eigenvalue weighted by molar-refractivity contribution is 5.85. The van der Waals surface area contributed by atoms with E-state index in [1.54, 1.807) is 24.3 Å². The Balaban J connectivity index is 1.70. The molecule has 29 heavy (non-hydrogen) atoms. The van der Waals surface area contributed by atoms with E-state index in [0.717, 1.165) is 12.1 Å². The number of nitrogens with zero attached hydrogens (tertiary/aromatic N) is 2. The highest BCUT2D eigenvalue weighted by Gasteiger charge is 2.30. The number of carbonyl (C=O) groups excluding carboxylic acids is 1. The third kappa shape index (κ3) is 5.28. The van der Waals surface area contributed by atoms with Gasteiger partial charge in [-0.15, -0.1) is 0 Å². The summed E-state index contributed by atoms with van der Waals surface area (Å²) in [4.78, 5) is 32.3. The molecule has 0 aliphatic carbocycles. The highest BCUT2D eigenvalue weighted by atomic mass is 19.4. The van der Waals surface area contributed by atoms with Gasteiger partial charge in [0.05, 0.1) is 28.7 Å². The van der Waals surface area contributed by atoms with Crippen LogP contribution in [0.3, 0.4) is 0 Å². The van der Waals surface area contributed by atoms with Gasteiger partial charge >= 0.3 is 12.1 Å². The molecule has 1 aromatic heterocycles. The Labute approximate surface area is 163 Å². The molecule has 0 saturated heterocycles. The number of carboxylic acids is 1. The van der Waals surface area contributed by atoms with Crippen molar-refractivity contribution in [1.82, 2.24) is 15.3 Å². The first-order valence-corrected chi connectivity index (χ1v) is 8.61. The van der Waals surface area contributed by atoms with Crippen LogP contribution in [0.15, 0.2) is 54.7 Å². The molecule has 0 saturated carbocycles. The van der Waals surface area contributed by atoms with Gasteiger partial charge in [-0.1, -0.05) is 30.3 Å². The summed E-state index contributed by atoms with van der Waals surface area (Å²) < 4.78 is 38.4. The summed E-state index contributed by atoms with van der Waals surface area (Å²) in [6.45, 7) is 0. The summed E-state index contributed by atoms with van der Waals surface area (Å²) in [5.74, 6) is -1.98. The molecule has 9 heteroatoms. The lowest BCUT2D eigenvalue weighted by atomic mass is 10.1. The number of fused-ring (bicyclic) bond motifs is 1. The maximum Gasteiger partial charge on any atom is 0.416 e. The quantitative estimate of drug-likeness (QED) is 0.660. The van der Waals surface area contributed by atoms with Crippen molar-refractivity contribution in [3.8, 4) is 0 Å². The number of nitrogens with one attached hydrogen (secondary N) is 1. The lowest BCUT2D eigenvalue weighted by Gasteiger charge is -2.15. The van der Waals surface area contributed by atoms with Gasteiger partial charge in [0.15, 0.2) is 0 Å². The maximum atomic E-state index is 12.8. The Morgan fingerprint density at radius 3 is 2.48 bits per heavy atom. The molecule has 2 aromatic carbocycles. The van der Waals surface area contributed by atoms with Gasteiger partial charge in [0.1, 0.15) is 6.04 Å². The minimum atomic E-state index is -4.52. The fourth-order valence-corrected chi connectivity index (χ4v) is 2.79. The molecule has 0 spiro atoms. The Hall–Kier alpha value is -3.49. The van der Waals surface area contributed by atoms with Gasteiger partial charge in [0, 0.05) is 12.6 Å². The maximum absolute atomic E-state index is 12.8. The topological polar surface area (TPSA) is 92.2 Å². The minimum Gasteiger partial charge on any atom is -0.480 e. The molecule has 6 nitrogen and oxygen atoms in total. The van der Waals surface area contributed by atoms with Gasteiger partial charge in [-0.2, -0.15) is 13.2 Å². The summed E-state index contributed by atoms with van der Waals surface area (Å²) in [6.07, 6.45) is -3.58. The van der Waals surface area contributed by atoms with Crippen LogP contribution in [0.25, 0.3) is 11.0 Å². The van der Waals surface area contributed by atoms with Gasteiger partial charge in [0.2, 0.25) is 5.91 Å². The van der Waals surface area contributed by atoms with Crippen LogP contribution in [0.2, 0.25) is 0 Å². The van der Waals surface area contributed by atoms with Crippen LogP contribution in [0, 0.1) is 0 Å². The van der Waals surface area contributed by atoms with Crippen LogP contribution in [0.4, 0.5) is 13.2 Å². The molecule has 1 amide bonds. The predicted molar refractivity (Wildman–Crippen MR) is 98.0 cm³/mol. The Bertz CT molecular complexity index is 1050. The standard InChI is InChI=1S/C20H16F3N3O3/c21-20(22,23)13-5-3-4-12(8-13)9-18(27)26-17(19(28)29)10-14-11-24-15-6-1-2-7-16(15)25-14/h1-8,11,17H,9-10H2,(H,26,27)(H,28,29)/t17-/m0/s1. The van der Waals surface area contributed by atoms with Crippen molar-refractivity contribution in [2.24, 2.45) is 0 Å². The van der Waals surface area contributed by atoms with Crippen molar-refractivity contribution < 1.29 is 27.9 Å². The minimum absolute atomic E-state index is 0.110. The molecule has 0 radical (unpaired) electrons. The summed E-state index contributed by atoms with van der Waals surface area (Å²) in [7, 11) is 0. The fraction of sp³-hybridized carbons (Fsp3) is 0.200. The van der Waals surface area contributed by atoms with Crippen molar-refractivity contribution >= 4 is 22.9 Å². The van der Waals surface area contributed by atoms with E-state index in [0.29, 0.717) is 16.7 Å². The van der Waals surface area contributed by atoms with Gasteiger partial charge in [-0.25, -0.2) is 9.78 Å². The summed E-state index contributed by atoms with van der Waals surface area (Å²) in [5.41, 5.74) is 0.868. The van der Waals surface area contributed by atoms with E-state index in [4.69, 9.17) is 0 Å². The Kier molecular flexibility index (Phi) is 5.76. The second-order valence-corrected chi connectivity index (χ2v) is 6.39. The van der Waals surface area contributed by atoms with Crippen LogP contribution in [0.5, 0.6) is 0 Å². The highest BCUT2D eigenvalue weighted by Crippen LogP contribution is 2.29. The molecule has 3 aromatic rings. The van der Waals surface area contributed by atoms with Crippen molar-refractivity contribution in [1.29, 1.82) is 0 Å². The monoisotopic (exact) mass is 403 g/mol. The number of halogens is 3. The van der Waals surface area contributed by atoms with E-state index < -0.39 is 29.7 Å². The zero-order valence-electron chi connectivity index (χ0n) is 15.0. The molecule has 0 unspecified atom stereocenters. The largest absolute Gasteiger partial charge is 0.480 e. The molecule has 0 aliphatic rings. The SMILES string of the molecule is O=C(Cc1cccc(C(F)(F)F)c1)N[C@@H](Cc1cnc2ccccc2n1)C(=O)O. The van der Waals surface area contributed by atoms with Crippen LogP contribution in [-0.4, -0.2) is 33.0 Å². The third-order valence-electron chi connectivity index (χ3n) is 4.16. The molecule has 1 atom stereocenters.